The molecule has 0 saturated heterocycles. The summed E-state index contributed by atoms with van der Waals surface area (Å²) in [5.41, 5.74) is 1.32. The van der Waals surface area contributed by atoms with Gasteiger partial charge in [0.05, 0.1) is 0 Å². The second-order valence-corrected chi connectivity index (χ2v) is 2.09. The van der Waals surface area contributed by atoms with Crippen LogP contribution in [0.2, 0.25) is 0 Å². The van der Waals surface area contributed by atoms with Gasteiger partial charge in [0.25, 0.3) is 0 Å². The van der Waals surface area contributed by atoms with Crippen molar-refractivity contribution >= 4 is 23.1 Å². The Morgan fingerprint density at radius 3 is 2.00 bits per heavy atom. The van der Waals surface area contributed by atoms with E-state index in [0.717, 1.165) is 19.3 Å². The standard InChI is InChI=1S/C10H15.BrH.Mg/c1-4-7-8-9-10(5-2)6-3;;/h4-6H2,1-3H3;1H;/q-1;;+2/p-1. The van der Waals surface area contributed by atoms with E-state index in [9.17, 15) is 0 Å². The largest absolute Gasteiger partial charge is 2.00 e. The van der Waals surface area contributed by atoms with Crippen LogP contribution in [-0.2, 0) is 0 Å². The summed E-state index contributed by atoms with van der Waals surface area (Å²) in [5, 5.41) is 0. The molecule has 0 amide bonds. The molecule has 0 aromatic heterocycles. The summed E-state index contributed by atoms with van der Waals surface area (Å²) < 4.78 is 0. The molecule has 64 valence electrons. The van der Waals surface area contributed by atoms with Crippen LogP contribution < -0.4 is 17.0 Å². The van der Waals surface area contributed by atoms with Crippen molar-refractivity contribution < 1.29 is 17.0 Å². The number of hydrogen-bond donors (Lipinski definition) is 0. The third-order valence-corrected chi connectivity index (χ3v) is 1.36. The zero-order valence-corrected chi connectivity index (χ0v) is 11.2. The summed E-state index contributed by atoms with van der Waals surface area (Å²) in [7, 11) is 0. The third kappa shape index (κ3) is 10.5. The van der Waals surface area contributed by atoms with Gasteiger partial charge >= 0.3 is 23.1 Å². The number of allylic oxidation sites excluding steroid dienone is 2. The molecule has 0 radical (unpaired) electrons. The van der Waals surface area contributed by atoms with E-state index in [1.807, 2.05) is 6.92 Å². The van der Waals surface area contributed by atoms with Crippen molar-refractivity contribution in [3.05, 3.63) is 11.6 Å². The first-order valence-electron chi connectivity index (χ1n) is 3.93. The van der Waals surface area contributed by atoms with Gasteiger partial charge in [0.1, 0.15) is 0 Å². The Balaban J connectivity index is -0.000000405. The van der Waals surface area contributed by atoms with Crippen molar-refractivity contribution in [1.29, 1.82) is 0 Å². The Labute approximate surface area is 103 Å². The van der Waals surface area contributed by atoms with Crippen LogP contribution in [0.3, 0.4) is 0 Å². The predicted molar refractivity (Wildman–Crippen MR) is 51.2 cm³/mol. The predicted octanol–water partition coefficient (Wildman–Crippen LogP) is -0.427. The second-order valence-electron chi connectivity index (χ2n) is 2.09. The van der Waals surface area contributed by atoms with Crippen molar-refractivity contribution in [1.82, 2.24) is 0 Å². The molecule has 0 aliphatic rings. The fourth-order valence-corrected chi connectivity index (χ4v) is 0.648. The van der Waals surface area contributed by atoms with E-state index in [0.29, 0.717) is 0 Å². The zero-order valence-electron chi connectivity index (χ0n) is 8.21. The zero-order chi connectivity index (χ0) is 7.82. The Kier molecular flexibility index (Phi) is 21.6. The number of hydrogen-bond acceptors (Lipinski definition) is 0. The van der Waals surface area contributed by atoms with Crippen molar-refractivity contribution in [3.8, 4) is 11.8 Å². The first-order valence-corrected chi connectivity index (χ1v) is 3.93. The Hall–Kier alpha value is 0.546. The van der Waals surface area contributed by atoms with Gasteiger partial charge in [-0.25, -0.2) is 0 Å². The minimum atomic E-state index is 0. The summed E-state index contributed by atoms with van der Waals surface area (Å²) in [6, 6.07) is 0. The van der Waals surface area contributed by atoms with E-state index in [2.05, 4.69) is 31.8 Å². The van der Waals surface area contributed by atoms with Gasteiger partial charge in [-0.1, -0.05) is 40.0 Å². The molecule has 0 fully saturated rings. The molecule has 0 aliphatic carbocycles. The van der Waals surface area contributed by atoms with Crippen LogP contribution in [0.15, 0.2) is 5.57 Å². The van der Waals surface area contributed by atoms with Crippen LogP contribution in [0, 0.1) is 17.9 Å². The quantitative estimate of drug-likeness (QED) is 0.349. The molecule has 2 heteroatoms. The van der Waals surface area contributed by atoms with E-state index >= 15 is 0 Å². The first kappa shape index (κ1) is 18.4. The van der Waals surface area contributed by atoms with Gasteiger partial charge in [-0.15, -0.1) is 0 Å². The van der Waals surface area contributed by atoms with Crippen LogP contribution in [0.4, 0.5) is 0 Å². The normalized spacial score (nSPS) is 6.58. The summed E-state index contributed by atoms with van der Waals surface area (Å²) in [6.07, 6.45) is 6.16. The molecule has 0 aliphatic heterocycles. The van der Waals surface area contributed by atoms with E-state index in [1.165, 1.54) is 5.57 Å². The van der Waals surface area contributed by atoms with E-state index in [-0.39, 0.29) is 40.0 Å². The number of rotatable bonds is 2. The molecule has 0 aromatic rings. The second kappa shape index (κ2) is 14.1. The monoisotopic (exact) mass is 238 g/mol. The molecule has 0 spiro atoms. The van der Waals surface area contributed by atoms with Gasteiger partial charge in [0.15, 0.2) is 0 Å². The van der Waals surface area contributed by atoms with Crippen LogP contribution >= 0.6 is 0 Å². The summed E-state index contributed by atoms with van der Waals surface area (Å²) in [4.78, 5) is 0. The van der Waals surface area contributed by atoms with E-state index in [1.54, 1.807) is 0 Å². The minimum Gasteiger partial charge on any atom is -1.00 e. The summed E-state index contributed by atoms with van der Waals surface area (Å²) in [5.74, 6) is 5.87. The molecule has 0 heterocycles. The van der Waals surface area contributed by atoms with Crippen molar-refractivity contribution in [3.63, 3.8) is 0 Å². The van der Waals surface area contributed by atoms with Gasteiger partial charge in [0.2, 0.25) is 0 Å². The van der Waals surface area contributed by atoms with Crippen LogP contribution in [0.25, 0.3) is 0 Å². The van der Waals surface area contributed by atoms with Crippen LogP contribution in [-0.4, -0.2) is 23.1 Å². The molecule has 0 nitrogen and oxygen atoms in total. The number of halogens is 1. The van der Waals surface area contributed by atoms with E-state index < -0.39 is 0 Å². The van der Waals surface area contributed by atoms with Gasteiger partial charge < -0.3 is 28.8 Å². The molecule has 0 bridgehead atoms. The smallest absolute Gasteiger partial charge is 1.00 e. The van der Waals surface area contributed by atoms with E-state index in [4.69, 9.17) is 0 Å². The Morgan fingerprint density at radius 2 is 1.67 bits per heavy atom. The topological polar surface area (TPSA) is 0 Å². The Bertz CT molecular complexity index is 156. The van der Waals surface area contributed by atoms with Gasteiger partial charge in [-0.05, 0) is 0 Å². The Morgan fingerprint density at radius 1 is 1.17 bits per heavy atom. The van der Waals surface area contributed by atoms with Crippen LogP contribution in [0.5, 0.6) is 0 Å². The van der Waals surface area contributed by atoms with Crippen LogP contribution in [0.1, 0.15) is 40.0 Å². The van der Waals surface area contributed by atoms with Crippen molar-refractivity contribution in [2.24, 2.45) is 0 Å². The molecule has 0 saturated carbocycles. The fourth-order valence-electron chi connectivity index (χ4n) is 0.648. The molecule has 0 rings (SSSR count). The van der Waals surface area contributed by atoms with Crippen molar-refractivity contribution in [2.75, 3.05) is 0 Å². The molecular formula is C10H15BrMg. The van der Waals surface area contributed by atoms with Gasteiger partial charge in [-0.2, -0.15) is 11.6 Å². The van der Waals surface area contributed by atoms with Gasteiger partial charge in [-0.3, -0.25) is 0 Å². The summed E-state index contributed by atoms with van der Waals surface area (Å²) in [6.45, 7) is 6.32. The SMILES string of the molecule is CCC#C[C-]=C(CC)CC.[Br-].[Mg+2]. The maximum Gasteiger partial charge on any atom is 2.00 e. The molecule has 0 unspecified atom stereocenters. The first-order chi connectivity index (χ1) is 4.85. The molecule has 0 N–H and O–H groups in total. The molecule has 0 aromatic carbocycles. The molecule has 0 atom stereocenters. The third-order valence-electron chi connectivity index (χ3n) is 1.36. The maximum atomic E-state index is 3.08. The van der Waals surface area contributed by atoms with Gasteiger partial charge in [0, 0.05) is 0 Å². The fraction of sp³-hybridized carbons (Fsp3) is 0.600. The average Bonchev–Trinajstić information content (AvgIpc) is 1.99. The maximum absolute atomic E-state index is 3.08. The minimum absolute atomic E-state index is 0. The molecule has 12 heavy (non-hydrogen) atoms. The molecular weight excluding hydrogens is 224 g/mol. The van der Waals surface area contributed by atoms with Crippen molar-refractivity contribution in [2.45, 2.75) is 40.0 Å². The average molecular weight is 239 g/mol. The summed E-state index contributed by atoms with van der Waals surface area (Å²) >= 11 is 0.